The second-order valence-corrected chi connectivity index (χ2v) is 5.78. The molecule has 0 spiro atoms. The molecule has 0 aromatic heterocycles. The average Bonchev–Trinajstić information content (AvgIpc) is 3.07. The Kier molecular flexibility index (Phi) is 3.83. The molecule has 3 heteroatoms. The van der Waals surface area contributed by atoms with Crippen molar-refractivity contribution in [2.45, 2.75) is 38.5 Å². The van der Waals surface area contributed by atoms with Crippen molar-refractivity contribution >= 4 is 11.6 Å². The first-order valence-corrected chi connectivity index (χ1v) is 7.43. The van der Waals surface area contributed by atoms with Gasteiger partial charge in [-0.25, -0.2) is 0 Å². The number of anilines is 1. The van der Waals surface area contributed by atoms with Crippen LogP contribution >= 0.6 is 0 Å². The Morgan fingerprint density at radius 3 is 3.05 bits per heavy atom. The predicted molar refractivity (Wildman–Crippen MR) is 77.3 cm³/mol. The Morgan fingerprint density at radius 1 is 1.32 bits per heavy atom. The second kappa shape index (κ2) is 5.74. The van der Waals surface area contributed by atoms with Gasteiger partial charge in [0.15, 0.2) is 0 Å². The monoisotopic (exact) mass is 258 g/mol. The van der Waals surface area contributed by atoms with E-state index < -0.39 is 0 Å². The fraction of sp³-hybridized carbons (Fsp3) is 0.562. The van der Waals surface area contributed by atoms with Crippen molar-refractivity contribution in [2.75, 3.05) is 18.4 Å². The summed E-state index contributed by atoms with van der Waals surface area (Å²) < 4.78 is 0. The quantitative estimate of drug-likeness (QED) is 0.871. The number of aryl methyl sites for hydroxylation is 2. The van der Waals surface area contributed by atoms with Gasteiger partial charge < -0.3 is 10.6 Å². The van der Waals surface area contributed by atoms with Crippen LogP contribution in [-0.4, -0.2) is 19.0 Å². The van der Waals surface area contributed by atoms with Crippen molar-refractivity contribution < 1.29 is 4.79 Å². The maximum atomic E-state index is 11.9. The third-order valence-corrected chi connectivity index (χ3v) is 4.32. The van der Waals surface area contributed by atoms with Gasteiger partial charge in [0.05, 0.1) is 0 Å². The summed E-state index contributed by atoms with van der Waals surface area (Å²) in [5, 5.41) is 6.38. The Labute approximate surface area is 114 Å². The highest BCUT2D eigenvalue weighted by molar-refractivity contribution is 5.90. The molecule has 1 unspecified atom stereocenters. The van der Waals surface area contributed by atoms with Crippen LogP contribution in [-0.2, 0) is 17.6 Å². The van der Waals surface area contributed by atoms with Crippen LogP contribution in [0.15, 0.2) is 18.2 Å². The Bertz CT molecular complexity index is 464. The number of rotatable bonds is 4. The smallest absolute Gasteiger partial charge is 0.224 e. The average molecular weight is 258 g/mol. The van der Waals surface area contributed by atoms with Crippen LogP contribution in [0, 0.1) is 5.92 Å². The van der Waals surface area contributed by atoms with Crippen molar-refractivity contribution in [3.63, 3.8) is 0 Å². The number of benzene rings is 1. The van der Waals surface area contributed by atoms with Crippen molar-refractivity contribution in [3.8, 4) is 0 Å². The van der Waals surface area contributed by atoms with E-state index in [1.165, 1.54) is 30.4 Å². The molecule has 2 aliphatic rings. The third-order valence-electron chi connectivity index (χ3n) is 4.32. The first kappa shape index (κ1) is 12.7. The molecule has 1 aliphatic heterocycles. The topological polar surface area (TPSA) is 41.1 Å². The lowest BCUT2D eigenvalue weighted by atomic mass is 10.0. The standard InChI is InChI=1S/C16H22N2O/c19-16(7-4-12-8-9-17-11-12)18-15-6-5-13-2-1-3-14(13)10-15/h5-6,10,12,17H,1-4,7-9,11H2,(H,18,19). The van der Waals surface area contributed by atoms with E-state index in [0.717, 1.165) is 31.6 Å². The van der Waals surface area contributed by atoms with Gasteiger partial charge in [-0.1, -0.05) is 6.07 Å². The maximum absolute atomic E-state index is 11.9. The van der Waals surface area contributed by atoms with Gasteiger partial charge in [-0.3, -0.25) is 4.79 Å². The summed E-state index contributed by atoms with van der Waals surface area (Å²) in [5.74, 6) is 0.843. The van der Waals surface area contributed by atoms with Crippen molar-refractivity contribution in [2.24, 2.45) is 5.92 Å². The summed E-state index contributed by atoms with van der Waals surface area (Å²) in [6.07, 6.45) is 6.46. The molecule has 1 aliphatic carbocycles. The third kappa shape index (κ3) is 3.16. The zero-order chi connectivity index (χ0) is 13.1. The fourth-order valence-corrected chi connectivity index (χ4v) is 3.17. The lowest BCUT2D eigenvalue weighted by Gasteiger charge is -2.10. The van der Waals surface area contributed by atoms with Crippen LogP contribution in [0.25, 0.3) is 0 Å². The molecule has 19 heavy (non-hydrogen) atoms. The molecule has 1 saturated heterocycles. The summed E-state index contributed by atoms with van der Waals surface area (Å²) in [7, 11) is 0. The van der Waals surface area contributed by atoms with Crippen molar-refractivity contribution in [1.82, 2.24) is 5.32 Å². The van der Waals surface area contributed by atoms with Gasteiger partial charge >= 0.3 is 0 Å². The van der Waals surface area contributed by atoms with Crippen LogP contribution < -0.4 is 10.6 Å². The van der Waals surface area contributed by atoms with Gasteiger partial charge in [0.1, 0.15) is 0 Å². The number of carbonyl (C=O) groups excluding carboxylic acids is 1. The zero-order valence-electron chi connectivity index (χ0n) is 11.4. The van der Waals surface area contributed by atoms with Crippen molar-refractivity contribution in [3.05, 3.63) is 29.3 Å². The molecule has 102 valence electrons. The highest BCUT2D eigenvalue weighted by Gasteiger charge is 2.16. The number of fused-ring (bicyclic) bond motifs is 1. The van der Waals surface area contributed by atoms with E-state index in [1.54, 1.807) is 0 Å². The Hall–Kier alpha value is -1.35. The second-order valence-electron chi connectivity index (χ2n) is 5.78. The van der Waals surface area contributed by atoms with Gasteiger partial charge in [-0.15, -0.1) is 0 Å². The maximum Gasteiger partial charge on any atom is 0.224 e. The number of nitrogens with one attached hydrogen (secondary N) is 2. The number of hydrogen-bond acceptors (Lipinski definition) is 2. The van der Waals surface area contributed by atoms with E-state index in [1.807, 2.05) is 6.07 Å². The molecule has 1 atom stereocenters. The molecule has 2 N–H and O–H groups in total. The van der Waals surface area contributed by atoms with E-state index >= 15 is 0 Å². The van der Waals surface area contributed by atoms with Crippen LogP contribution in [0.2, 0.25) is 0 Å². The first-order valence-electron chi connectivity index (χ1n) is 7.43. The fourth-order valence-electron chi connectivity index (χ4n) is 3.17. The van der Waals surface area contributed by atoms with Crippen molar-refractivity contribution in [1.29, 1.82) is 0 Å². The SMILES string of the molecule is O=C(CCC1CCNC1)Nc1ccc2c(c1)CCC2. The number of carbonyl (C=O) groups is 1. The number of hydrogen-bond donors (Lipinski definition) is 2. The number of amides is 1. The molecule has 1 fully saturated rings. The summed E-state index contributed by atoms with van der Waals surface area (Å²) in [6.45, 7) is 2.18. The van der Waals surface area contributed by atoms with Crippen LogP contribution in [0.5, 0.6) is 0 Å². The van der Waals surface area contributed by atoms with E-state index in [2.05, 4.69) is 22.8 Å². The predicted octanol–water partition coefficient (Wildman–Crippen LogP) is 2.50. The van der Waals surface area contributed by atoms with Gasteiger partial charge in [-0.2, -0.15) is 0 Å². The summed E-state index contributed by atoms with van der Waals surface area (Å²) in [5.41, 5.74) is 3.84. The van der Waals surface area contributed by atoms with E-state index in [4.69, 9.17) is 0 Å². The molecular weight excluding hydrogens is 236 g/mol. The largest absolute Gasteiger partial charge is 0.326 e. The lowest BCUT2D eigenvalue weighted by molar-refractivity contribution is -0.116. The molecule has 0 radical (unpaired) electrons. The molecule has 3 nitrogen and oxygen atoms in total. The minimum Gasteiger partial charge on any atom is -0.326 e. The lowest BCUT2D eigenvalue weighted by Crippen LogP contribution is -2.15. The van der Waals surface area contributed by atoms with Gasteiger partial charge in [0.2, 0.25) is 5.91 Å². The van der Waals surface area contributed by atoms with E-state index in [0.29, 0.717) is 12.3 Å². The van der Waals surface area contributed by atoms with Crippen LogP contribution in [0.1, 0.15) is 36.8 Å². The molecule has 0 bridgehead atoms. The summed E-state index contributed by atoms with van der Waals surface area (Å²) in [6, 6.07) is 6.36. The molecule has 1 aromatic carbocycles. The minimum atomic E-state index is 0.157. The summed E-state index contributed by atoms with van der Waals surface area (Å²) in [4.78, 5) is 11.9. The minimum absolute atomic E-state index is 0.157. The summed E-state index contributed by atoms with van der Waals surface area (Å²) >= 11 is 0. The first-order chi connectivity index (χ1) is 9.31. The van der Waals surface area contributed by atoms with E-state index in [9.17, 15) is 4.79 Å². The molecule has 1 heterocycles. The molecule has 1 aromatic rings. The van der Waals surface area contributed by atoms with Crippen LogP contribution in [0.3, 0.4) is 0 Å². The van der Waals surface area contributed by atoms with E-state index in [-0.39, 0.29) is 5.91 Å². The van der Waals surface area contributed by atoms with Crippen LogP contribution in [0.4, 0.5) is 5.69 Å². The molecular formula is C16H22N2O. The normalized spacial score (nSPS) is 21.4. The van der Waals surface area contributed by atoms with Gasteiger partial charge in [0.25, 0.3) is 0 Å². The highest BCUT2D eigenvalue weighted by atomic mass is 16.1. The molecule has 1 amide bonds. The highest BCUT2D eigenvalue weighted by Crippen LogP contribution is 2.25. The molecule has 0 saturated carbocycles. The Balaban J connectivity index is 1.51. The Morgan fingerprint density at radius 2 is 2.21 bits per heavy atom. The van der Waals surface area contributed by atoms with Gasteiger partial charge in [-0.05, 0) is 74.4 Å². The molecule has 3 rings (SSSR count). The zero-order valence-corrected chi connectivity index (χ0v) is 11.4. The van der Waals surface area contributed by atoms with Gasteiger partial charge in [0, 0.05) is 12.1 Å².